The predicted octanol–water partition coefficient (Wildman–Crippen LogP) is 4.70. The van der Waals surface area contributed by atoms with Crippen LogP contribution in [0, 0.1) is 0 Å². The van der Waals surface area contributed by atoms with Crippen LogP contribution in [-0.4, -0.2) is 36.0 Å². The van der Waals surface area contributed by atoms with Gasteiger partial charge in [-0.05, 0) is 49.4 Å². The van der Waals surface area contributed by atoms with Crippen molar-refractivity contribution in [3.63, 3.8) is 0 Å². The van der Waals surface area contributed by atoms with Gasteiger partial charge in [-0.1, -0.05) is 31.5 Å². The molecule has 3 amide bonds. The average Bonchev–Trinajstić information content (AvgIpc) is 3.29. The van der Waals surface area contributed by atoms with Crippen LogP contribution >= 0.6 is 11.3 Å². The first-order valence-electron chi connectivity index (χ1n) is 10.4. The molecule has 0 aliphatic carbocycles. The summed E-state index contributed by atoms with van der Waals surface area (Å²) in [5.74, 6) is -0.621. The Labute approximate surface area is 186 Å². The number of allylic oxidation sites excluding steroid dienone is 1. The number of thiophene rings is 1. The first kappa shape index (κ1) is 22.6. The second-order valence-electron chi connectivity index (χ2n) is 7.16. The van der Waals surface area contributed by atoms with Gasteiger partial charge >= 0.3 is 12.0 Å². The average molecular weight is 442 g/mol. The van der Waals surface area contributed by atoms with Gasteiger partial charge in [-0.15, -0.1) is 11.3 Å². The number of benzene rings is 1. The number of urea groups is 1. The molecular weight excluding hydrogens is 414 g/mol. The topological polar surface area (TPSA) is 87.7 Å². The molecule has 1 aliphatic heterocycles. The van der Waals surface area contributed by atoms with Gasteiger partial charge in [0.2, 0.25) is 0 Å². The molecule has 1 atom stereocenters. The number of carbonyl (C=O) groups is 3. The zero-order chi connectivity index (χ0) is 22.4. The Bertz CT molecular complexity index is 967. The molecule has 31 heavy (non-hydrogen) atoms. The lowest BCUT2D eigenvalue weighted by atomic mass is 9.94. The molecule has 3 rings (SSSR count). The minimum atomic E-state index is -0.619. The number of rotatable bonds is 8. The van der Waals surface area contributed by atoms with Crippen molar-refractivity contribution >= 4 is 34.9 Å². The van der Waals surface area contributed by atoms with Crippen molar-refractivity contribution in [3.8, 4) is 0 Å². The fraction of sp³-hybridized carbons (Fsp3) is 0.348. The molecule has 0 saturated heterocycles. The number of amides is 3. The zero-order valence-electron chi connectivity index (χ0n) is 17.9. The number of anilines is 1. The van der Waals surface area contributed by atoms with E-state index in [1.165, 1.54) is 11.3 Å². The Morgan fingerprint density at radius 3 is 2.55 bits per heavy atom. The molecule has 8 heteroatoms. The number of esters is 1. The summed E-state index contributed by atoms with van der Waals surface area (Å²) in [7, 11) is 0. The van der Waals surface area contributed by atoms with Crippen LogP contribution < -0.4 is 10.6 Å². The van der Waals surface area contributed by atoms with E-state index in [1.807, 2.05) is 11.4 Å². The number of unbranched alkanes of at least 4 members (excludes halogenated alkanes) is 1. The van der Waals surface area contributed by atoms with Crippen molar-refractivity contribution < 1.29 is 19.1 Å². The Morgan fingerprint density at radius 2 is 1.94 bits per heavy atom. The Kier molecular flexibility index (Phi) is 7.46. The molecule has 1 aromatic carbocycles. The molecule has 0 bridgehead atoms. The van der Waals surface area contributed by atoms with E-state index in [2.05, 4.69) is 17.6 Å². The van der Waals surface area contributed by atoms with Crippen molar-refractivity contribution in [3.05, 3.63) is 63.5 Å². The lowest BCUT2D eigenvalue weighted by molar-refractivity contribution is -0.139. The molecule has 1 aromatic heterocycles. The van der Waals surface area contributed by atoms with E-state index in [0.717, 1.165) is 18.4 Å². The van der Waals surface area contributed by atoms with Crippen molar-refractivity contribution in [1.29, 1.82) is 0 Å². The summed E-state index contributed by atoms with van der Waals surface area (Å²) in [5.41, 5.74) is 2.40. The van der Waals surface area contributed by atoms with Gasteiger partial charge in [0.15, 0.2) is 0 Å². The van der Waals surface area contributed by atoms with Crippen LogP contribution in [0.3, 0.4) is 0 Å². The second kappa shape index (κ2) is 10.3. The number of ether oxygens (including phenoxy) is 1. The van der Waals surface area contributed by atoms with Gasteiger partial charge < -0.3 is 15.4 Å². The third-order valence-electron chi connectivity index (χ3n) is 5.07. The van der Waals surface area contributed by atoms with E-state index in [-0.39, 0.29) is 18.5 Å². The normalized spacial score (nSPS) is 16.2. The fourth-order valence-corrected chi connectivity index (χ4v) is 4.07. The molecule has 1 unspecified atom stereocenters. The minimum Gasteiger partial charge on any atom is -0.463 e. The van der Waals surface area contributed by atoms with E-state index in [9.17, 15) is 14.4 Å². The van der Waals surface area contributed by atoms with Gasteiger partial charge in [-0.2, -0.15) is 0 Å². The van der Waals surface area contributed by atoms with Gasteiger partial charge in [0.05, 0.1) is 23.1 Å². The molecule has 1 aliphatic rings. The molecule has 2 aromatic rings. The highest BCUT2D eigenvalue weighted by atomic mass is 32.1. The lowest BCUT2D eigenvalue weighted by Crippen LogP contribution is -2.48. The first-order valence-corrected chi connectivity index (χ1v) is 11.2. The van der Waals surface area contributed by atoms with Crippen LogP contribution in [0.4, 0.5) is 10.5 Å². The van der Waals surface area contributed by atoms with Crippen LogP contribution in [0.25, 0.3) is 0 Å². The summed E-state index contributed by atoms with van der Waals surface area (Å²) in [5, 5.41) is 7.63. The Morgan fingerprint density at radius 1 is 1.19 bits per heavy atom. The number of nitrogens with one attached hydrogen (secondary N) is 2. The second-order valence-corrected chi connectivity index (χ2v) is 8.11. The van der Waals surface area contributed by atoms with E-state index >= 15 is 0 Å². The zero-order valence-corrected chi connectivity index (χ0v) is 18.8. The summed E-state index contributed by atoms with van der Waals surface area (Å²) in [6.45, 7) is 6.37. The highest BCUT2D eigenvalue weighted by Crippen LogP contribution is 2.32. The highest BCUT2D eigenvalue weighted by Gasteiger charge is 2.36. The van der Waals surface area contributed by atoms with Gasteiger partial charge in [-0.25, -0.2) is 9.59 Å². The van der Waals surface area contributed by atoms with Crippen molar-refractivity contribution in [2.24, 2.45) is 0 Å². The minimum absolute atomic E-state index is 0.178. The number of hydrogen-bond donors (Lipinski definition) is 2. The summed E-state index contributed by atoms with van der Waals surface area (Å²) in [4.78, 5) is 40.0. The van der Waals surface area contributed by atoms with Gasteiger partial charge in [0.1, 0.15) is 0 Å². The van der Waals surface area contributed by atoms with Gasteiger partial charge in [-0.3, -0.25) is 9.69 Å². The molecule has 0 fully saturated rings. The Balaban J connectivity index is 1.86. The van der Waals surface area contributed by atoms with Crippen LogP contribution in [-0.2, 0) is 9.53 Å². The monoisotopic (exact) mass is 441 g/mol. The largest absolute Gasteiger partial charge is 0.463 e. The van der Waals surface area contributed by atoms with Crippen LogP contribution in [0.2, 0.25) is 0 Å². The van der Waals surface area contributed by atoms with Crippen LogP contribution in [0.1, 0.15) is 54.9 Å². The maximum Gasteiger partial charge on any atom is 0.338 e. The molecule has 164 valence electrons. The van der Waals surface area contributed by atoms with Crippen molar-refractivity contribution in [2.45, 2.75) is 39.7 Å². The molecule has 2 N–H and O–H groups in total. The molecule has 2 heterocycles. The van der Waals surface area contributed by atoms with Gasteiger partial charge in [0.25, 0.3) is 5.91 Å². The fourth-order valence-electron chi connectivity index (χ4n) is 3.45. The summed E-state index contributed by atoms with van der Waals surface area (Å²) < 4.78 is 5.28. The lowest BCUT2D eigenvalue weighted by Gasteiger charge is -2.35. The smallest absolute Gasteiger partial charge is 0.338 e. The summed E-state index contributed by atoms with van der Waals surface area (Å²) in [6.07, 6.45) is 1.78. The number of carbonyl (C=O) groups excluding carboxylic acids is 3. The molecule has 0 radical (unpaired) electrons. The number of nitrogens with zero attached hydrogens (tertiary/aromatic N) is 1. The summed E-state index contributed by atoms with van der Waals surface area (Å²) >= 11 is 1.37. The van der Waals surface area contributed by atoms with Crippen LogP contribution in [0.5, 0.6) is 0 Å². The predicted molar refractivity (Wildman–Crippen MR) is 121 cm³/mol. The third-order valence-corrected chi connectivity index (χ3v) is 5.94. The SMILES string of the molecule is CCCCN1C(=O)NC(c2ccc(NC(=O)c3cccs3)cc2)C(C(=O)OCC)=C1C. The van der Waals surface area contributed by atoms with Gasteiger partial charge in [0, 0.05) is 17.9 Å². The quantitative estimate of drug-likeness (QED) is 0.581. The number of hydrogen-bond acceptors (Lipinski definition) is 5. The molecule has 0 saturated carbocycles. The van der Waals surface area contributed by atoms with Crippen LogP contribution in [0.15, 0.2) is 53.0 Å². The summed E-state index contributed by atoms with van der Waals surface area (Å²) in [6, 6.07) is 9.83. The molecule has 7 nitrogen and oxygen atoms in total. The van der Waals surface area contributed by atoms with E-state index < -0.39 is 12.0 Å². The van der Waals surface area contributed by atoms with E-state index in [4.69, 9.17) is 4.74 Å². The molecular formula is C23H27N3O4S. The first-order chi connectivity index (χ1) is 15.0. The standard InChI is InChI=1S/C23H27N3O4S/c1-4-6-13-26-15(3)19(22(28)30-5-2)20(25-23(26)29)16-9-11-17(12-10-16)24-21(27)18-8-7-14-31-18/h7-12,14,20H,4-6,13H2,1-3H3,(H,24,27)(H,25,29). The van der Waals surface area contributed by atoms with Crippen molar-refractivity contribution in [1.82, 2.24) is 10.2 Å². The maximum atomic E-state index is 12.7. The maximum absolute atomic E-state index is 12.7. The van der Waals surface area contributed by atoms with Crippen molar-refractivity contribution in [2.75, 3.05) is 18.5 Å². The Hall–Kier alpha value is -3.13. The van der Waals surface area contributed by atoms with E-state index in [0.29, 0.717) is 28.4 Å². The molecule has 0 spiro atoms. The third kappa shape index (κ3) is 5.14. The highest BCUT2D eigenvalue weighted by molar-refractivity contribution is 7.12. The van der Waals surface area contributed by atoms with E-state index in [1.54, 1.807) is 49.1 Å².